The first-order valence-corrected chi connectivity index (χ1v) is 7.77. The summed E-state index contributed by atoms with van der Waals surface area (Å²) in [6, 6.07) is 0. The van der Waals surface area contributed by atoms with E-state index in [0.717, 1.165) is 38.6 Å². The van der Waals surface area contributed by atoms with Crippen LogP contribution in [0.4, 0.5) is 0 Å². The van der Waals surface area contributed by atoms with E-state index in [1.165, 1.54) is 32.2 Å². The van der Waals surface area contributed by atoms with Gasteiger partial charge in [-0.25, -0.2) is 0 Å². The summed E-state index contributed by atoms with van der Waals surface area (Å²) in [5, 5.41) is 8.91. The molecule has 1 fully saturated rings. The van der Waals surface area contributed by atoms with Gasteiger partial charge in [-0.3, -0.25) is 4.90 Å². The normalized spacial score (nSPS) is 18.0. The van der Waals surface area contributed by atoms with Gasteiger partial charge in [-0.05, 0) is 25.3 Å². The average molecular weight is 259 g/mol. The van der Waals surface area contributed by atoms with Crippen LogP contribution in [-0.4, -0.2) is 49.5 Å². The number of hydrogen-bond donors (Lipinski definition) is 1. The van der Waals surface area contributed by atoms with Crippen LogP contribution >= 0.6 is 0 Å². The van der Waals surface area contributed by atoms with Crippen LogP contribution in [0.25, 0.3) is 0 Å². The summed E-state index contributed by atoms with van der Waals surface area (Å²) in [5.74, 6) is 0.731. The molecule has 0 aromatic heterocycles. The van der Waals surface area contributed by atoms with E-state index >= 15 is 0 Å². The zero-order valence-electron chi connectivity index (χ0n) is 12.7. The van der Waals surface area contributed by atoms with Crippen LogP contribution in [0.5, 0.6) is 0 Å². The second-order valence-electron chi connectivity index (χ2n) is 4.74. The lowest BCUT2D eigenvalue weighted by molar-refractivity contribution is 0.0369. The fourth-order valence-electron chi connectivity index (χ4n) is 2.33. The molecule has 0 spiro atoms. The molecule has 0 saturated carbocycles. The van der Waals surface area contributed by atoms with E-state index in [-0.39, 0.29) is 0 Å². The molecular weight excluding hydrogens is 226 g/mol. The number of morpholine rings is 1. The molecule has 18 heavy (non-hydrogen) atoms. The molecule has 1 atom stereocenters. The van der Waals surface area contributed by atoms with Gasteiger partial charge in [-0.15, -0.1) is 0 Å². The molecule has 1 aliphatic rings. The maximum Gasteiger partial charge on any atom is 0.0594 e. The van der Waals surface area contributed by atoms with Gasteiger partial charge < -0.3 is 9.84 Å². The fourth-order valence-corrected chi connectivity index (χ4v) is 2.33. The first-order chi connectivity index (χ1) is 8.86. The molecule has 0 bridgehead atoms. The van der Waals surface area contributed by atoms with Crippen molar-refractivity contribution in [2.75, 3.05) is 39.5 Å². The van der Waals surface area contributed by atoms with E-state index in [4.69, 9.17) is 9.84 Å². The van der Waals surface area contributed by atoms with E-state index in [0.29, 0.717) is 6.61 Å². The van der Waals surface area contributed by atoms with Gasteiger partial charge in [0.1, 0.15) is 0 Å². The lowest BCUT2D eigenvalue weighted by Gasteiger charge is -2.26. The number of aliphatic hydroxyl groups is 1. The van der Waals surface area contributed by atoms with Crippen LogP contribution in [0, 0.1) is 5.92 Å². The summed E-state index contributed by atoms with van der Waals surface area (Å²) in [7, 11) is 0. The van der Waals surface area contributed by atoms with Crippen molar-refractivity contribution >= 4 is 0 Å². The largest absolute Gasteiger partial charge is 0.396 e. The van der Waals surface area contributed by atoms with Crippen LogP contribution in [0.2, 0.25) is 0 Å². The lowest BCUT2D eigenvalue weighted by atomic mass is 9.96. The summed E-state index contributed by atoms with van der Waals surface area (Å²) >= 11 is 0. The third-order valence-electron chi connectivity index (χ3n) is 3.56. The number of aliphatic hydroxyl groups excluding tert-OH is 1. The van der Waals surface area contributed by atoms with Crippen molar-refractivity contribution in [2.45, 2.75) is 52.9 Å². The number of nitrogens with zero attached hydrogens (tertiary/aromatic N) is 1. The van der Waals surface area contributed by atoms with Gasteiger partial charge >= 0.3 is 0 Å². The zero-order chi connectivity index (χ0) is 13.6. The summed E-state index contributed by atoms with van der Waals surface area (Å²) in [5.41, 5.74) is 0. The van der Waals surface area contributed by atoms with Gasteiger partial charge in [0.15, 0.2) is 0 Å². The average Bonchev–Trinajstić information content (AvgIpc) is 2.45. The number of ether oxygens (including phenoxy) is 1. The van der Waals surface area contributed by atoms with Crippen LogP contribution in [0.1, 0.15) is 52.9 Å². The minimum Gasteiger partial charge on any atom is -0.396 e. The molecule has 0 aliphatic carbocycles. The molecule has 0 aromatic carbocycles. The van der Waals surface area contributed by atoms with Gasteiger partial charge in [-0.2, -0.15) is 0 Å². The van der Waals surface area contributed by atoms with Crippen molar-refractivity contribution in [2.24, 2.45) is 5.92 Å². The van der Waals surface area contributed by atoms with Crippen LogP contribution in [0.15, 0.2) is 0 Å². The van der Waals surface area contributed by atoms with E-state index in [2.05, 4.69) is 11.8 Å². The van der Waals surface area contributed by atoms with Crippen LogP contribution in [0.3, 0.4) is 0 Å². The third kappa shape index (κ3) is 8.90. The van der Waals surface area contributed by atoms with Gasteiger partial charge in [0.05, 0.1) is 13.2 Å². The first kappa shape index (κ1) is 17.9. The quantitative estimate of drug-likeness (QED) is 0.680. The Morgan fingerprint density at radius 1 is 1.11 bits per heavy atom. The molecule has 1 rings (SSSR count). The second-order valence-corrected chi connectivity index (χ2v) is 4.74. The predicted octanol–water partition coefficient (Wildman–Crippen LogP) is 2.92. The minimum absolute atomic E-state index is 0.349. The van der Waals surface area contributed by atoms with E-state index < -0.39 is 0 Å². The molecule has 1 aliphatic heterocycles. The van der Waals surface area contributed by atoms with Crippen molar-refractivity contribution in [3.05, 3.63) is 0 Å². The maximum atomic E-state index is 8.91. The van der Waals surface area contributed by atoms with Crippen molar-refractivity contribution in [3.8, 4) is 0 Å². The molecule has 0 amide bonds. The molecule has 3 nitrogen and oxygen atoms in total. The highest BCUT2D eigenvalue weighted by Crippen LogP contribution is 2.16. The van der Waals surface area contributed by atoms with Gasteiger partial charge in [-0.1, -0.05) is 40.0 Å². The number of hydrogen-bond acceptors (Lipinski definition) is 3. The summed E-state index contributed by atoms with van der Waals surface area (Å²) in [6.45, 7) is 11.8. The van der Waals surface area contributed by atoms with E-state index in [1.54, 1.807) is 0 Å². The Morgan fingerprint density at radius 3 is 2.33 bits per heavy atom. The first-order valence-electron chi connectivity index (χ1n) is 7.77. The zero-order valence-corrected chi connectivity index (χ0v) is 12.7. The Hall–Kier alpha value is -0.120. The predicted molar refractivity (Wildman–Crippen MR) is 77.9 cm³/mol. The third-order valence-corrected chi connectivity index (χ3v) is 3.56. The van der Waals surface area contributed by atoms with E-state index in [1.807, 2.05) is 13.8 Å². The molecule has 3 heteroatoms. The summed E-state index contributed by atoms with van der Waals surface area (Å²) < 4.78 is 5.32. The molecule has 1 saturated heterocycles. The Labute approximate surface area is 114 Å². The Balaban J connectivity index is 0.00000137. The lowest BCUT2D eigenvalue weighted by Crippen LogP contribution is -2.36. The topological polar surface area (TPSA) is 32.7 Å². The monoisotopic (exact) mass is 259 g/mol. The Bertz CT molecular complexity index is 152. The maximum absolute atomic E-state index is 8.91. The van der Waals surface area contributed by atoms with Crippen molar-refractivity contribution < 1.29 is 9.84 Å². The SMILES string of the molecule is CC.CCC(CCO)CCCCN1CCOCC1. The molecule has 1 heterocycles. The van der Waals surface area contributed by atoms with Crippen molar-refractivity contribution in [3.63, 3.8) is 0 Å². The molecule has 1 N–H and O–H groups in total. The van der Waals surface area contributed by atoms with Crippen LogP contribution in [-0.2, 0) is 4.74 Å². The minimum atomic E-state index is 0.349. The summed E-state index contributed by atoms with van der Waals surface area (Å²) in [6.07, 6.45) is 6.06. The van der Waals surface area contributed by atoms with Gasteiger partial charge in [0.2, 0.25) is 0 Å². The summed E-state index contributed by atoms with van der Waals surface area (Å²) in [4.78, 5) is 2.50. The molecule has 0 aromatic rings. The Kier molecular flexibility index (Phi) is 13.2. The number of unbranched alkanes of at least 4 members (excludes halogenated alkanes) is 1. The van der Waals surface area contributed by atoms with Crippen molar-refractivity contribution in [1.29, 1.82) is 0 Å². The highest BCUT2D eigenvalue weighted by Gasteiger charge is 2.10. The standard InChI is InChI=1S/C13H27NO2.C2H6/c1-2-13(6-10-15)5-3-4-7-14-8-11-16-12-9-14;1-2/h13,15H,2-12H2,1H3;1-2H3. The highest BCUT2D eigenvalue weighted by molar-refractivity contribution is 4.63. The molecule has 1 unspecified atom stereocenters. The number of rotatable bonds is 8. The second kappa shape index (κ2) is 13.3. The molecule has 0 radical (unpaired) electrons. The smallest absolute Gasteiger partial charge is 0.0594 e. The highest BCUT2D eigenvalue weighted by atomic mass is 16.5. The molecular formula is C15H33NO2. The molecule has 110 valence electrons. The van der Waals surface area contributed by atoms with Crippen LogP contribution < -0.4 is 0 Å². The van der Waals surface area contributed by atoms with E-state index in [9.17, 15) is 0 Å². The fraction of sp³-hybridized carbons (Fsp3) is 1.00. The van der Waals surface area contributed by atoms with Gasteiger partial charge in [0, 0.05) is 19.7 Å². The Morgan fingerprint density at radius 2 is 1.78 bits per heavy atom. The van der Waals surface area contributed by atoms with Crippen molar-refractivity contribution in [1.82, 2.24) is 4.90 Å². The van der Waals surface area contributed by atoms with Gasteiger partial charge in [0.25, 0.3) is 0 Å².